The molecule has 0 aliphatic carbocycles. The first-order chi connectivity index (χ1) is 19.2. The summed E-state index contributed by atoms with van der Waals surface area (Å²) in [5.74, 6) is 0.212. The number of hydrogen-bond acceptors (Lipinski definition) is 6. The number of ether oxygens (including phenoxy) is 2. The number of nitrogens with zero attached hydrogens (tertiary/aromatic N) is 2. The fourth-order valence-corrected chi connectivity index (χ4v) is 4.23. The summed E-state index contributed by atoms with van der Waals surface area (Å²) in [5, 5.41) is 6.21. The Morgan fingerprint density at radius 1 is 0.950 bits per heavy atom. The number of aryl methyl sites for hydroxylation is 1. The third-order valence-corrected chi connectivity index (χ3v) is 6.30. The summed E-state index contributed by atoms with van der Waals surface area (Å²) in [6, 6.07) is 18.9. The van der Waals surface area contributed by atoms with E-state index in [0.717, 1.165) is 17.2 Å². The van der Waals surface area contributed by atoms with Crippen LogP contribution in [0.4, 0.5) is 13.2 Å². The van der Waals surface area contributed by atoms with Gasteiger partial charge < -0.3 is 24.2 Å². The second-order valence-electron chi connectivity index (χ2n) is 9.23. The van der Waals surface area contributed by atoms with Crippen LogP contribution in [-0.4, -0.2) is 28.7 Å². The maximum atomic E-state index is 13.5. The Balaban J connectivity index is 1.31. The Morgan fingerprint density at radius 3 is 2.48 bits per heavy atom. The Hall–Kier alpha value is -4.80. The summed E-state index contributed by atoms with van der Waals surface area (Å²) >= 11 is 0. The molecule has 0 fully saturated rings. The lowest BCUT2D eigenvalue weighted by Gasteiger charge is -2.22. The average molecular weight is 552 g/mol. The fraction of sp³-hybridized carbons (Fsp3) is 0.207. The van der Waals surface area contributed by atoms with E-state index in [-0.39, 0.29) is 49.4 Å². The van der Waals surface area contributed by atoms with Crippen LogP contribution in [0.2, 0.25) is 0 Å². The maximum Gasteiger partial charge on any atom is 0.416 e. The molecular formula is C29H24F3N3O5. The standard InChI is InChI=1S/C29H24F3N3O5/c1-18-6-8-19(9-7-18)15-35(28(37)20-10-11-25-26(12-20)39-17-38-25)16-22-13-24(34-40-22)27(36)33-14-21-4-2-3-5-23(21)29(30,31)32/h2-13H,14-17H2,1H3,(H,33,36). The van der Waals surface area contributed by atoms with Crippen LogP contribution in [0, 0.1) is 6.92 Å². The Kier molecular flexibility index (Phi) is 7.45. The van der Waals surface area contributed by atoms with Gasteiger partial charge in [0, 0.05) is 24.7 Å². The Bertz CT molecular complexity index is 1530. The van der Waals surface area contributed by atoms with Crippen molar-refractivity contribution in [3.8, 4) is 11.5 Å². The van der Waals surface area contributed by atoms with Crippen LogP contribution in [0.3, 0.4) is 0 Å². The minimum absolute atomic E-state index is 0.0155. The quantitative estimate of drug-likeness (QED) is 0.311. The van der Waals surface area contributed by atoms with E-state index in [2.05, 4.69) is 10.5 Å². The van der Waals surface area contributed by atoms with Gasteiger partial charge in [0.1, 0.15) is 0 Å². The average Bonchev–Trinajstić information content (AvgIpc) is 3.61. The highest BCUT2D eigenvalue weighted by Gasteiger charge is 2.33. The van der Waals surface area contributed by atoms with Crippen LogP contribution < -0.4 is 14.8 Å². The lowest BCUT2D eigenvalue weighted by Crippen LogP contribution is -2.30. The SMILES string of the molecule is Cc1ccc(CN(Cc2cc(C(=O)NCc3ccccc3C(F)(F)F)no2)C(=O)c2ccc3c(c2)OCO3)cc1. The molecule has 0 unspecified atom stereocenters. The van der Waals surface area contributed by atoms with Gasteiger partial charge in [-0.1, -0.05) is 53.2 Å². The first-order valence-corrected chi connectivity index (χ1v) is 12.3. The smallest absolute Gasteiger partial charge is 0.416 e. The minimum atomic E-state index is -4.55. The summed E-state index contributed by atoms with van der Waals surface area (Å²) in [4.78, 5) is 27.7. The topological polar surface area (TPSA) is 93.9 Å². The number of hydrogen-bond donors (Lipinski definition) is 1. The number of rotatable bonds is 8. The van der Waals surface area contributed by atoms with Crippen molar-refractivity contribution in [3.05, 3.63) is 112 Å². The van der Waals surface area contributed by atoms with Crippen molar-refractivity contribution in [1.29, 1.82) is 0 Å². The van der Waals surface area contributed by atoms with Crippen LogP contribution in [0.15, 0.2) is 77.3 Å². The largest absolute Gasteiger partial charge is 0.454 e. The summed E-state index contributed by atoms with van der Waals surface area (Å²) in [6.45, 7) is 1.91. The molecule has 3 aromatic carbocycles. The van der Waals surface area contributed by atoms with Crippen molar-refractivity contribution in [2.45, 2.75) is 32.7 Å². The highest BCUT2D eigenvalue weighted by Crippen LogP contribution is 2.33. The van der Waals surface area contributed by atoms with E-state index < -0.39 is 17.6 Å². The molecule has 0 atom stereocenters. The molecule has 0 saturated carbocycles. The van der Waals surface area contributed by atoms with Gasteiger partial charge in [0.05, 0.1) is 12.1 Å². The number of alkyl halides is 3. The van der Waals surface area contributed by atoms with Crippen LogP contribution in [0.5, 0.6) is 11.5 Å². The summed E-state index contributed by atoms with van der Waals surface area (Å²) in [7, 11) is 0. The predicted molar refractivity (Wildman–Crippen MR) is 136 cm³/mol. The molecule has 1 aromatic heterocycles. The van der Waals surface area contributed by atoms with Gasteiger partial charge in [-0.25, -0.2) is 0 Å². The predicted octanol–water partition coefficient (Wildman–Crippen LogP) is 5.50. The third kappa shape index (κ3) is 6.09. The number of carbonyl (C=O) groups is 2. The van der Waals surface area contributed by atoms with Crippen molar-refractivity contribution in [2.24, 2.45) is 0 Å². The van der Waals surface area contributed by atoms with Crippen molar-refractivity contribution in [2.75, 3.05) is 6.79 Å². The number of aromatic nitrogens is 1. The first kappa shape index (κ1) is 26.8. The monoisotopic (exact) mass is 551 g/mol. The molecule has 2 amide bonds. The molecule has 0 spiro atoms. The summed E-state index contributed by atoms with van der Waals surface area (Å²) in [6.07, 6.45) is -4.55. The van der Waals surface area contributed by atoms with Crippen molar-refractivity contribution in [1.82, 2.24) is 15.4 Å². The van der Waals surface area contributed by atoms with Gasteiger partial charge in [-0.2, -0.15) is 13.2 Å². The van der Waals surface area contributed by atoms with Gasteiger partial charge in [0.25, 0.3) is 11.8 Å². The van der Waals surface area contributed by atoms with E-state index in [4.69, 9.17) is 14.0 Å². The number of amides is 2. The van der Waals surface area contributed by atoms with Gasteiger partial charge in [-0.15, -0.1) is 0 Å². The molecule has 11 heteroatoms. The van der Waals surface area contributed by atoms with E-state index in [9.17, 15) is 22.8 Å². The lowest BCUT2D eigenvalue weighted by molar-refractivity contribution is -0.138. The van der Waals surface area contributed by atoms with Crippen LogP contribution in [0.25, 0.3) is 0 Å². The highest BCUT2D eigenvalue weighted by molar-refractivity contribution is 5.95. The van der Waals surface area contributed by atoms with Crippen molar-refractivity contribution >= 4 is 11.8 Å². The normalized spacial score (nSPS) is 12.3. The Labute approximate surface area is 227 Å². The summed E-state index contributed by atoms with van der Waals surface area (Å²) in [5.41, 5.74) is 1.29. The zero-order valence-corrected chi connectivity index (χ0v) is 21.3. The lowest BCUT2D eigenvalue weighted by atomic mass is 10.1. The van der Waals surface area contributed by atoms with Gasteiger partial charge in [0.2, 0.25) is 6.79 Å². The number of nitrogens with one attached hydrogen (secondary N) is 1. The van der Waals surface area contributed by atoms with E-state index in [0.29, 0.717) is 17.1 Å². The molecule has 5 rings (SSSR count). The molecule has 40 heavy (non-hydrogen) atoms. The molecule has 1 N–H and O–H groups in total. The van der Waals surface area contributed by atoms with E-state index in [1.165, 1.54) is 29.2 Å². The molecular weight excluding hydrogens is 527 g/mol. The number of benzene rings is 3. The second kappa shape index (κ2) is 11.1. The molecule has 2 heterocycles. The third-order valence-electron chi connectivity index (χ3n) is 6.30. The van der Waals surface area contributed by atoms with Crippen LogP contribution in [0.1, 0.15) is 48.9 Å². The number of fused-ring (bicyclic) bond motifs is 1. The highest BCUT2D eigenvalue weighted by atomic mass is 19.4. The Morgan fingerprint density at radius 2 is 1.70 bits per heavy atom. The fourth-order valence-electron chi connectivity index (χ4n) is 4.23. The first-order valence-electron chi connectivity index (χ1n) is 12.3. The van der Waals surface area contributed by atoms with Crippen LogP contribution >= 0.6 is 0 Å². The van der Waals surface area contributed by atoms with E-state index in [1.807, 2.05) is 31.2 Å². The van der Waals surface area contributed by atoms with Gasteiger partial charge in [0.15, 0.2) is 23.0 Å². The molecule has 0 bridgehead atoms. The van der Waals surface area contributed by atoms with Crippen molar-refractivity contribution in [3.63, 3.8) is 0 Å². The van der Waals surface area contributed by atoms with Crippen molar-refractivity contribution < 1.29 is 36.8 Å². The molecule has 206 valence electrons. The molecule has 0 saturated heterocycles. The van der Waals surface area contributed by atoms with Gasteiger partial charge >= 0.3 is 6.18 Å². The number of halogens is 3. The molecule has 0 radical (unpaired) electrons. The van der Waals surface area contributed by atoms with E-state index in [1.54, 1.807) is 18.2 Å². The zero-order valence-electron chi connectivity index (χ0n) is 21.3. The molecule has 1 aliphatic rings. The minimum Gasteiger partial charge on any atom is -0.454 e. The van der Waals surface area contributed by atoms with Gasteiger partial charge in [-0.3, -0.25) is 9.59 Å². The molecule has 1 aliphatic heterocycles. The zero-order chi connectivity index (χ0) is 28.3. The molecule has 8 nitrogen and oxygen atoms in total. The summed E-state index contributed by atoms with van der Waals surface area (Å²) < 4.78 is 55.9. The van der Waals surface area contributed by atoms with Gasteiger partial charge in [-0.05, 0) is 42.3 Å². The number of carbonyl (C=O) groups excluding carboxylic acids is 2. The molecule has 4 aromatic rings. The van der Waals surface area contributed by atoms with Crippen LogP contribution in [-0.2, 0) is 25.8 Å². The van der Waals surface area contributed by atoms with E-state index >= 15 is 0 Å². The maximum absolute atomic E-state index is 13.5. The second-order valence-corrected chi connectivity index (χ2v) is 9.23.